The maximum absolute atomic E-state index is 5.02. The molecule has 1 heterocycles. The van der Waals surface area contributed by atoms with E-state index in [4.69, 9.17) is 4.98 Å². The van der Waals surface area contributed by atoms with Crippen molar-refractivity contribution >= 4 is 0 Å². The molecule has 0 aliphatic heterocycles. The molecule has 0 atom stereocenters. The lowest BCUT2D eigenvalue weighted by atomic mass is 10.0. The number of benzene rings is 3. The van der Waals surface area contributed by atoms with Gasteiger partial charge in [0.1, 0.15) is 0 Å². The van der Waals surface area contributed by atoms with Crippen molar-refractivity contribution in [2.24, 2.45) is 0 Å². The first-order chi connectivity index (χ1) is 14.7. The number of rotatable bonds is 5. The van der Waals surface area contributed by atoms with E-state index in [1.54, 1.807) is 0 Å². The van der Waals surface area contributed by atoms with Crippen molar-refractivity contribution in [3.05, 3.63) is 102 Å². The molecule has 0 fully saturated rings. The molecule has 0 aliphatic carbocycles. The van der Waals surface area contributed by atoms with Crippen molar-refractivity contribution < 1.29 is 0 Å². The summed E-state index contributed by atoms with van der Waals surface area (Å²) in [7, 11) is 4.05. The monoisotopic (exact) mass is 391 g/mol. The van der Waals surface area contributed by atoms with Crippen LogP contribution in [0.2, 0.25) is 0 Å². The minimum absolute atomic E-state index is 0.694. The first kappa shape index (κ1) is 19.7. The van der Waals surface area contributed by atoms with Crippen LogP contribution in [-0.4, -0.2) is 35.1 Å². The highest BCUT2D eigenvalue weighted by molar-refractivity contribution is 5.79. The fourth-order valence-corrected chi connectivity index (χ4v) is 3.43. The fraction of sp³-hybridized carbons (Fsp3) is 0.148. The van der Waals surface area contributed by atoms with E-state index in [-0.39, 0.29) is 0 Å². The van der Waals surface area contributed by atoms with Gasteiger partial charge in [-0.3, -0.25) is 4.90 Å². The SMILES string of the molecule is CN(C)CC#Cc1nc(-c2ccccc2)c(-c2ccccc2)n1Cc1ccccc1. The Morgan fingerprint density at radius 3 is 1.93 bits per heavy atom. The molecule has 0 saturated heterocycles. The number of hydrogen-bond acceptors (Lipinski definition) is 2. The summed E-state index contributed by atoms with van der Waals surface area (Å²) in [5.74, 6) is 7.38. The molecule has 3 nitrogen and oxygen atoms in total. The van der Waals surface area contributed by atoms with E-state index in [0.29, 0.717) is 6.54 Å². The van der Waals surface area contributed by atoms with Crippen LogP contribution in [0.4, 0.5) is 0 Å². The molecule has 0 amide bonds. The number of hydrogen-bond donors (Lipinski definition) is 0. The van der Waals surface area contributed by atoms with Gasteiger partial charge in [-0.2, -0.15) is 0 Å². The first-order valence-electron chi connectivity index (χ1n) is 10.1. The van der Waals surface area contributed by atoms with E-state index >= 15 is 0 Å². The molecule has 4 rings (SSSR count). The van der Waals surface area contributed by atoms with Crippen LogP contribution < -0.4 is 0 Å². The van der Waals surface area contributed by atoms with Crippen molar-refractivity contribution in [3.8, 4) is 34.4 Å². The zero-order valence-corrected chi connectivity index (χ0v) is 17.4. The van der Waals surface area contributed by atoms with E-state index in [9.17, 15) is 0 Å². The largest absolute Gasteiger partial charge is 0.312 e. The second-order valence-corrected chi connectivity index (χ2v) is 7.48. The highest BCUT2D eigenvalue weighted by Gasteiger charge is 2.19. The second kappa shape index (κ2) is 9.26. The van der Waals surface area contributed by atoms with Crippen molar-refractivity contribution in [1.29, 1.82) is 0 Å². The average molecular weight is 392 g/mol. The van der Waals surface area contributed by atoms with Gasteiger partial charge >= 0.3 is 0 Å². The van der Waals surface area contributed by atoms with E-state index in [0.717, 1.165) is 34.9 Å². The Labute approximate surface area is 178 Å². The fourth-order valence-electron chi connectivity index (χ4n) is 3.43. The highest BCUT2D eigenvalue weighted by Crippen LogP contribution is 2.33. The van der Waals surface area contributed by atoms with Crippen LogP contribution in [0.5, 0.6) is 0 Å². The van der Waals surface area contributed by atoms with Gasteiger partial charge in [-0.15, -0.1) is 0 Å². The minimum atomic E-state index is 0.694. The van der Waals surface area contributed by atoms with Crippen LogP contribution in [-0.2, 0) is 6.54 Å². The van der Waals surface area contributed by atoms with Gasteiger partial charge in [-0.1, -0.05) is 96.9 Å². The Hall–Kier alpha value is -3.61. The normalized spacial score (nSPS) is 10.6. The molecule has 0 radical (unpaired) electrons. The lowest BCUT2D eigenvalue weighted by Crippen LogP contribution is -2.11. The molecule has 4 aromatic rings. The number of imidazole rings is 1. The molecule has 0 aliphatic rings. The summed E-state index contributed by atoms with van der Waals surface area (Å²) >= 11 is 0. The standard InChI is InChI=1S/C27H25N3/c1-29(2)20-12-19-25-28-26(23-15-8-4-9-16-23)27(24-17-10-5-11-18-24)30(25)21-22-13-6-3-7-14-22/h3-11,13-18H,20-21H2,1-2H3. The van der Waals surface area contributed by atoms with Crippen molar-refractivity contribution in [1.82, 2.24) is 14.5 Å². The molecule has 3 heteroatoms. The van der Waals surface area contributed by atoms with Crippen molar-refractivity contribution in [3.63, 3.8) is 0 Å². The summed E-state index contributed by atoms with van der Waals surface area (Å²) < 4.78 is 2.25. The lowest BCUT2D eigenvalue weighted by Gasteiger charge is -2.12. The highest BCUT2D eigenvalue weighted by atomic mass is 15.1. The average Bonchev–Trinajstić information content (AvgIpc) is 3.13. The summed E-state index contributed by atoms with van der Waals surface area (Å²) in [4.78, 5) is 7.08. The van der Waals surface area contributed by atoms with E-state index in [2.05, 4.69) is 94.1 Å². The summed E-state index contributed by atoms with van der Waals surface area (Å²) in [5, 5.41) is 0. The molecule has 0 N–H and O–H groups in total. The Kier molecular flexibility index (Phi) is 6.08. The van der Waals surface area contributed by atoms with E-state index in [1.807, 2.05) is 32.3 Å². The molecule has 0 saturated carbocycles. The van der Waals surface area contributed by atoms with E-state index in [1.165, 1.54) is 5.56 Å². The van der Waals surface area contributed by atoms with Crippen LogP contribution in [0, 0.1) is 11.8 Å². The minimum Gasteiger partial charge on any atom is -0.312 e. The molecule has 0 bridgehead atoms. The summed E-state index contributed by atoms with van der Waals surface area (Å²) in [6, 6.07) is 31.3. The summed E-state index contributed by atoms with van der Waals surface area (Å²) in [5.41, 5.74) is 5.52. The molecule has 1 aromatic heterocycles. The first-order valence-corrected chi connectivity index (χ1v) is 10.1. The smallest absolute Gasteiger partial charge is 0.186 e. The van der Waals surface area contributed by atoms with Crippen LogP contribution in [0.3, 0.4) is 0 Å². The zero-order chi connectivity index (χ0) is 20.8. The van der Waals surface area contributed by atoms with Crippen LogP contribution in [0.1, 0.15) is 11.4 Å². The molecule has 30 heavy (non-hydrogen) atoms. The zero-order valence-electron chi connectivity index (χ0n) is 17.4. The second-order valence-electron chi connectivity index (χ2n) is 7.48. The summed E-state index contributed by atoms with van der Waals surface area (Å²) in [6.45, 7) is 1.41. The Morgan fingerprint density at radius 2 is 1.33 bits per heavy atom. The predicted molar refractivity (Wildman–Crippen MR) is 124 cm³/mol. The lowest BCUT2D eigenvalue weighted by molar-refractivity contribution is 0.464. The van der Waals surface area contributed by atoms with Gasteiger partial charge in [0.2, 0.25) is 0 Å². The third-order valence-corrected chi connectivity index (χ3v) is 4.84. The van der Waals surface area contributed by atoms with Gasteiger partial charge in [0.15, 0.2) is 5.82 Å². The van der Waals surface area contributed by atoms with Gasteiger partial charge in [0.25, 0.3) is 0 Å². The van der Waals surface area contributed by atoms with Gasteiger partial charge in [-0.05, 0) is 25.6 Å². The Morgan fingerprint density at radius 1 is 0.767 bits per heavy atom. The van der Waals surface area contributed by atoms with Gasteiger partial charge < -0.3 is 4.57 Å². The van der Waals surface area contributed by atoms with Crippen molar-refractivity contribution in [2.45, 2.75) is 6.54 Å². The maximum Gasteiger partial charge on any atom is 0.186 e. The van der Waals surface area contributed by atoms with Crippen molar-refractivity contribution in [2.75, 3.05) is 20.6 Å². The van der Waals surface area contributed by atoms with E-state index < -0.39 is 0 Å². The predicted octanol–water partition coefficient (Wildman–Crippen LogP) is 5.18. The maximum atomic E-state index is 5.02. The van der Waals surface area contributed by atoms with Crippen LogP contribution in [0.15, 0.2) is 91.0 Å². The van der Waals surface area contributed by atoms with Gasteiger partial charge in [0.05, 0.1) is 24.5 Å². The Balaban J connectivity index is 1.93. The molecule has 148 valence electrons. The van der Waals surface area contributed by atoms with Crippen LogP contribution in [0.25, 0.3) is 22.5 Å². The molecular formula is C27H25N3. The number of nitrogens with zero attached hydrogens (tertiary/aromatic N) is 3. The summed E-state index contributed by atoms with van der Waals surface area (Å²) in [6.07, 6.45) is 0. The number of aromatic nitrogens is 2. The Bertz CT molecular complexity index is 1150. The van der Waals surface area contributed by atoms with Gasteiger partial charge in [0, 0.05) is 11.1 Å². The molecule has 0 unspecified atom stereocenters. The third-order valence-electron chi connectivity index (χ3n) is 4.84. The molecule has 3 aromatic carbocycles. The van der Waals surface area contributed by atoms with Gasteiger partial charge in [-0.25, -0.2) is 4.98 Å². The quantitative estimate of drug-likeness (QED) is 0.437. The van der Waals surface area contributed by atoms with Crippen LogP contribution >= 0.6 is 0 Å². The molecule has 0 spiro atoms. The molecular weight excluding hydrogens is 366 g/mol. The third kappa shape index (κ3) is 4.51. The topological polar surface area (TPSA) is 21.1 Å².